The summed E-state index contributed by atoms with van der Waals surface area (Å²) >= 11 is 0. The standard InChI is InChI=1S/C38H58N4O8.ClH/c1-5-41(6-2)25-29-47-35(43)31-17-21-33(22-18-31)39-37(45)49-27-15-13-11-9-10-12-14-16-28-50-38(46)40-34-23-19-32(20-24-34)36(44)48-30-26-42(7-3)8-4;/h17-24H,5-16,25-30H2,1-4H3,(H,39,45)(H,40,46);1H. The van der Waals surface area contributed by atoms with Crippen LogP contribution in [0.2, 0.25) is 0 Å². The SMILES string of the molecule is CCN(CC)CCOC(=O)c1ccc(NC(=O)OCCCCCCCCCCOC(=O)Nc2ccc(C(=O)OCCN(CC)CC)cc2)cc1.Cl. The summed E-state index contributed by atoms with van der Waals surface area (Å²) in [6.45, 7) is 14.7. The average Bonchev–Trinajstić information content (AvgIpc) is 3.12. The highest BCUT2D eigenvalue weighted by Crippen LogP contribution is 2.14. The van der Waals surface area contributed by atoms with Crippen molar-refractivity contribution in [2.24, 2.45) is 0 Å². The molecule has 0 fully saturated rings. The zero-order valence-corrected chi connectivity index (χ0v) is 31.7. The second-order valence-corrected chi connectivity index (χ2v) is 11.8. The molecule has 286 valence electrons. The zero-order valence-electron chi connectivity index (χ0n) is 30.9. The summed E-state index contributed by atoms with van der Waals surface area (Å²) in [4.78, 5) is 53.0. The number of likely N-dealkylation sites (N-methyl/N-ethyl adjacent to an activating group) is 2. The Labute approximate surface area is 310 Å². The lowest BCUT2D eigenvalue weighted by Gasteiger charge is -2.17. The fourth-order valence-corrected chi connectivity index (χ4v) is 5.06. The summed E-state index contributed by atoms with van der Waals surface area (Å²) < 4.78 is 21.2. The van der Waals surface area contributed by atoms with Gasteiger partial charge in [-0.15, -0.1) is 12.4 Å². The summed E-state index contributed by atoms with van der Waals surface area (Å²) in [5.41, 5.74) is 1.96. The number of benzene rings is 2. The molecule has 2 rings (SSSR count). The molecule has 0 aliphatic rings. The molecular weight excluding hydrogens is 676 g/mol. The molecule has 51 heavy (non-hydrogen) atoms. The molecular formula is C38H59ClN4O8. The highest BCUT2D eigenvalue weighted by molar-refractivity contribution is 5.92. The Kier molecular flexibility index (Phi) is 24.6. The molecule has 0 unspecified atom stereocenters. The third kappa shape index (κ3) is 19.9. The molecule has 0 aliphatic carbocycles. The minimum Gasteiger partial charge on any atom is -0.461 e. The van der Waals surface area contributed by atoms with Crippen LogP contribution in [0.15, 0.2) is 48.5 Å². The van der Waals surface area contributed by atoms with Gasteiger partial charge >= 0.3 is 24.1 Å². The fraction of sp³-hybridized carbons (Fsp3) is 0.579. The van der Waals surface area contributed by atoms with Crippen LogP contribution in [0.1, 0.15) is 99.8 Å². The molecule has 2 aromatic rings. The molecule has 0 atom stereocenters. The van der Waals surface area contributed by atoms with Gasteiger partial charge in [0.1, 0.15) is 13.2 Å². The maximum atomic E-state index is 12.2. The lowest BCUT2D eigenvalue weighted by atomic mass is 10.1. The van der Waals surface area contributed by atoms with Gasteiger partial charge in [0.05, 0.1) is 24.3 Å². The monoisotopic (exact) mass is 734 g/mol. The Morgan fingerprint density at radius 3 is 1.10 bits per heavy atom. The molecule has 2 aromatic carbocycles. The molecule has 2 amide bonds. The molecule has 0 bridgehead atoms. The van der Waals surface area contributed by atoms with Crippen molar-refractivity contribution in [1.29, 1.82) is 0 Å². The van der Waals surface area contributed by atoms with Gasteiger partial charge in [-0.3, -0.25) is 10.6 Å². The number of rotatable bonds is 25. The molecule has 0 spiro atoms. The van der Waals surface area contributed by atoms with Gasteiger partial charge in [-0.05, 0) is 87.6 Å². The number of nitrogens with one attached hydrogen (secondary N) is 2. The molecule has 0 saturated carbocycles. The van der Waals surface area contributed by atoms with E-state index in [1.165, 1.54) is 0 Å². The smallest absolute Gasteiger partial charge is 0.411 e. The van der Waals surface area contributed by atoms with Gasteiger partial charge in [0, 0.05) is 24.5 Å². The number of amides is 2. The van der Waals surface area contributed by atoms with Crippen molar-refractivity contribution in [2.75, 3.05) is 76.3 Å². The van der Waals surface area contributed by atoms with Gasteiger partial charge in [-0.2, -0.15) is 0 Å². The van der Waals surface area contributed by atoms with Crippen LogP contribution in [0, 0.1) is 0 Å². The van der Waals surface area contributed by atoms with Crippen molar-refractivity contribution >= 4 is 47.9 Å². The number of hydrogen-bond acceptors (Lipinski definition) is 10. The summed E-state index contributed by atoms with van der Waals surface area (Å²) in [5.74, 6) is -0.771. The normalized spacial score (nSPS) is 10.7. The first-order chi connectivity index (χ1) is 24.3. The first-order valence-electron chi connectivity index (χ1n) is 18.2. The second-order valence-electron chi connectivity index (χ2n) is 11.8. The van der Waals surface area contributed by atoms with Gasteiger partial charge in [0.25, 0.3) is 0 Å². The molecule has 2 N–H and O–H groups in total. The van der Waals surface area contributed by atoms with Crippen molar-refractivity contribution in [1.82, 2.24) is 9.80 Å². The van der Waals surface area contributed by atoms with E-state index in [0.29, 0.717) is 62.0 Å². The number of carbonyl (C=O) groups is 4. The Morgan fingerprint density at radius 2 is 0.784 bits per heavy atom. The number of unbranched alkanes of at least 4 members (excludes halogenated alkanes) is 7. The van der Waals surface area contributed by atoms with E-state index in [9.17, 15) is 19.2 Å². The topological polar surface area (TPSA) is 136 Å². The summed E-state index contributed by atoms with van der Waals surface area (Å²) in [7, 11) is 0. The van der Waals surface area contributed by atoms with E-state index < -0.39 is 12.2 Å². The Hall–Kier alpha value is -3.87. The number of ether oxygens (including phenoxy) is 4. The van der Waals surface area contributed by atoms with Crippen LogP contribution in [0.3, 0.4) is 0 Å². The highest BCUT2D eigenvalue weighted by Gasteiger charge is 2.11. The van der Waals surface area contributed by atoms with Gasteiger partial charge < -0.3 is 28.7 Å². The fourth-order valence-electron chi connectivity index (χ4n) is 5.06. The average molecular weight is 735 g/mol. The van der Waals surface area contributed by atoms with Crippen LogP contribution in [0.5, 0.6) is 0 Å². The predicted molar refractivity (Wildman–Crippen MR) is 203 cm³/mol. The maximum absolute atomic E-state index is 12.2. The number of halogens is 1. The van der Waals surface area contributed by atoms with Crippen molar-refractivity contribution in [3.05, 3.63) is 59.7 Å². The lowest BCUT2D eigenvalue weighted by molar-refractivity contribution is 0.0457. The Bertz CT molecular complexity index is 1160. The molecule has 12 nitrogen and oxygen atoms in total. The van der Waals surface area contributed by atoms with E-state index in [2.05, 4.69) is 48.1 Å². The predicted octanol–water partition coefficient (Wildman–Crippen LogP) is 8.02. The molecule has 0 heterocycles. The maximum Gasteiger partial charge on any atom is 0.411 e. The minimum absolute atomic E-state index is 0. The van der Waals surface area contributed by atoms with Crippen molar-refractivity contribution < 1.29 is 38.1 Å². The van der Waals surface area contributed by atoms with Crippen LogP contribution in [0.25, 0.3) is 0 Å². The summed E-state index contributed by atoms with van der Waals surface area (Å²) in [6.07, 6.45) is 6.79. The molecule has 0 radical (unpaired) electrons. The van der Waals surface area contributed by atoms with E-state index in [4.69, 9.17) is 18.9 Å². The van der Waals surface area contributed by atoms with Gasteiger partial charge in [-0.25, -0.2) is 19.2 Å². The van der Waals surface area contributed by atoms with E-state index >= 15 is 0 Å². The highest BCUT2D eigenvalue weighted by atomic mass is 35.5. The zero-order chi connectivity index (χ0) is 36.4. The molecule has 0 aromatic heterocycles. The number of nitrogens with zero attached hydrogens (tertiary/aromatic N) is 2. The van der Waals surface area contributed by atoms with Crippen LogP contribution in [-0.4, -0.2) is 99.6 Å². The van der Waals surface area contributed by atoms with Crippen LogP contribution in [0.4, 0.5) is 21.0 Å². The first-order valence-corrected chi connectivity index (χ1v) is 18.2. The Morgan fingerprint density at radius 1 is 0.471 bits per heavy atom. The molecule has 13 heteroatoms. The third-order valence-electron chi connectivity index (χ3n) is 8.31. The second kappa shape index (κ2) is 27.8. The molecule has 0 saturated heterocycles. The van der Waals surface area contributed by atoms with Crippen LogP contribution < -0.4 is 10.6 Å². The van der Waals surface area contributed by atoms with Crippen LogP contribution >= 0.6 is 12.4 Å². The van der Waals surface area contributed by atoms with Crippen molar-refractivity contribution in [3.8, 4) is 0 Å². The van der Waals surface area contributed by atoms with Crippen molar-refractivity contribution in [3.63, 3.8) is 0 Å². The van der Waals surface area contributed by atoms with Gasteiger partial charge in [0.2, 0.25) is 0 Å². The van der Waals surface area contributed by atoms with Crippen LogP contribution in [-0.2, 0) is 18.9 Å². The summed E-state index contributed by atoms with van der Waals surface area (Å²) in [5, 5.41) is 5.36. The number of hydrogen-bond donors (Lipinski definition) is 2. The van der Waals surface area contributed by atoms with E-state index in [-0.39, 0.29) is 24.3 Å². The van der Waals surface area contributed by atoms with Crippen molar-refractivity contribution in [2.45, 2.75) is 79.1 Å². The van der Waals surface area contributed by atoms with Gasteiger partial charge in [-0.1, -0.05) is 66.2 Å². The third-order valence-corrected chi connectivity index (χ3v) is 8.31. The quantitative estimate of drug-likeness (QED) is 0.0586. The molecule has 0 aliphatic heterocycles. The number of anilines is 2. The van der Waals surface area contributed by atoms with E-state index in [1.54, 1.807) is 48.5 Å². The Balaban J connectivity index is 0.0000130. The lowest BCUT2D eigenvalue weighted by Crippen LogP contribution is -2.27. The van der Waals surface area contributed by atoms with Gasteiger partial charge in [0.15, 0.2) is 0 Å². The first kappa shape index (κ1) is 45.2. The number of esters is 2. The summed E-state index contributed by atoms with van der Waals surface area (Å²) in [6, 6.07) is 13.1. The minimum atomic E-state index is -0.521. The van der Waals surface area contributed by atoms with E-state index in [1.807, 2.05) is 0 Å². The number of carbonyl (C=O) groups excluding carboxylic acids is 4. The largest absolute Gasteiger partial charge is 0.461 e. The van der Waals surface area contributed by atoms with E-state index in [0.717, 1.165) is 77.5 Å².